The van der Waals surface area contributed by atoms with Crippen LogP contribution in [0.5, 0.6) is 0 Å². The van der Waals surface area contributed by atoms with Gasteiger partial charge < -0.3 is 0 Å². The molecule has 2 aromatic carbocycles. The lowest BCUT2D eigenvalue weighted by atomic mass is 9.95. The van der Waals surface area contributed by atoms with Crippen LogP contribution in [0.25, 0.3) is 11.3 Å². The second-order valence-electron chi connectivity index (χ2n) is 5.87. The van der Waals surface area contributed by atoms with E-state index < -0.39 is 0 Å². The van der Waals surface area contributed by atoms with Crippen LogP contribution in [0.1, 0.15) is 41.3 Å². The highest BCUT2D eigenvalue weighted by Crippen LogP contribution is 2.27. The average Bonchev–Trinajstić information content (AvgIpc) is 2.62. The highest BCUT2D eigenvalue weighted by Gasteiger charge is 2.12. The van der Waals surface area contributed by atoms with E-state index in [1.165, 1.54) is 5.56 Å². The van der Waals surface area contributed by atoms with Crippen molar-refractivity contribution in [1.82, 2.24) is 4.98 Å². The first kappa shape index (κ1) is 15.2. The number of pyridine rings is 1. The molecule has 0 bridgehead atoms. The molecule has 3 rings (SSSR count). The van der Waals surface area contributed by atoms with Crippen LogP contribution < -0.4 is 0 Å². The molecule has 0 aliphatic heterocycles. The first-order valence-electron chi connectivity index (χ1n) is 7.82. The van der Waals surface area contributed by atoms with Crippen molar-refractivity contribution in [2.75, 3.05) is 0 Å². The zero-order valence-corrected chi connectivity index (χ0v) is 13.4. The SMILES string of the molecule is CC(C)c1ccccc1-c1ccc(C(=O)c2ccccc2)cn1. The Morgan fingerprint density at radius 1 is 0.826 bits per heavy atom. The van der Waals surface area contributed by atoms with Gasteiger partial charge in [-0.15, -0.1) is 0 Å². The third-order valence-corrected chi connectivity index (χ3v) is 3.92. The van der Waals surface area contributed by atoms with Gasteiger partial charge in [0.2, 0.25) is 0 Å². The fourth-order valence-electron chi connectivity index (χ4n) is 2.68. The number of benzene rings is 2. The topological polar surface area (TPSA) is 30.0 Å². The largest absolute Gasteiger partial charge is 0.289 e. The summed E-state index contributed by atoms with van der Waals surface area (Å²) >= 11 is 0. The van der Waals surface area contributed by atoms with E-state index in [2.05, 4.69) is 31.0 Å². The van der Waals surface area contributed by atoms with Crippen molar-refractivity contribution in [3.8, 4) is 11.3 Å². The average molecular weight is 301 g/mol. The van der Waals surface area contributed by atoms with Gasteiger partial charge in [0.1, 0.15) is 0 Å². The van der Waals surface area contributed by atoms with Gasteiger partial charge in [-0.25, -0.2) is 0 Å². The lowest BCUT2D eigenvalue weighted by Crippen LogP contribution is -2.02. The first-order chi connectivity index (χ1) is 11.2. The molecule has 0 saturated heterocycles. The minimum absolute atomic E-state index is 0.00166. The number of ketones is 1. The summed E-state index contributed by atoms with van der Waals surface area (Å²) < 4.78 is 0. The molecule has 0 radical (unpaired) electrons. The number of carbonyl (C=O) groups excluding carboxylic acids is 1. The number of hydrogen-bond acceptors (Lipinski definition) is 2. The highest BCUT2D eigenvalue weighted by atomic mass is 16.1. The van der Waals surface area contributed by atoms with Crippen LogP contribution in [0.3, 0.4) is 0 Å². The van der Waals surface area contributed by atoms with Crippen molar-refractivity contribution < 1.29 is 4.79 Å². The van der Waals surface area contributed by atoms with E-state index in [0.29, 0.717) is 17.0 Å². The molecule has 1 heterocycles. The Kier molecular flexibility index (Phi) is 4.33. The molecule has 0 saturated carbocycles. The molecule has 0 atom stereocenters. The molecule has 114 valence electrons. The van der Waals surface area contributed by atoms with Crippen LogP contribution in [-0.2, 0) is 0 Å². The maximum absolute atomic E-state index is 12.4. The Labute approximate surface area is 136 Å². The molecular formula is C21H19NO. The summed E-state index contributed by atoms with van der Waals surface area (Å²) in [7, 11) is 0. The maximum atomic E-state index is 12.4. The molecule has 0 aliphatic rings. The molecule has 3 aromatic rings. The summed E-state index contributed by atoms with van der Waals surface area (Å²) in [6.07, 6.45) is 1.67. The van der Waals surface area contributed by atoms with Gasteiger partial charge in [0.15, 0.2) is 5.78 Å². The van der Waals surface area contributed by atoms with Gasteiger partial charge in [-0.3, -0.25) is 9.78 Å². The molecule has 2 nitrogen and oxygen atoms in total. The standard InChI is InChI=1S/C21H19NO/c1-15(2)18-10-6-7-11-19(18)20-13-12-17(14-22-20)21(23)16-8-4-3-5-9-16/h3-15H,1-2H3. The monoisotopic (exact) mass is 301 g/mol. The Bertz CT molecular complexity index is 805. The van der Waals surface area contributed by atoms with Gasteiger partial charge in [0.05, 0.1) is 5.69 Å². The summed E-state index contributed by atoms with van der Waals surface area (Å²) in [5.41, 5.74) is 4.59. The smallest absolute Gasteiger partial charge is 0.194 e. The van der Waals surface area contributed by atoms with E-state index in [0.717, 1.165) is 11.3 Å². The summed E-state index contributed by atoms with van der Waals surface area (Å²) in [4.78, 5) is 16.9. The van der Waals surface area contributed by atoms with Gasteiger partial charge in [-0.2, -0.15) is 0 Å². The van der Waals surface area contributed by atoms with Crippen molar-refractivity contribution >= 4 is 5.78 Å². The van der Waals surface area contributed by atoms with Crippen molar-refractivity contribution in [2.45, 2.75) is 19.8 Å². The van der Waals surface area contributed by atoms with E-state index in [9.17, 15) is 4.79 Å². The number of hydrogen-bond donors (Lipinski definition) is 0. The third kappa shape index (κ3) is 3.21. The van der Waals surface area contributed by atoms with Gasteiger partial charge >= 0.3 is 0 Å². The number of nitrogens with zero attached hydrogens (tertiary/aromatic N) is 1. The number of carbonyl (C=O) groups is 1. The minimum Gasteiger partial charge on any atom is -0.289 e. The second kappa shape index (κ2) is 6.57. The van der Waals surface area contributed by atoms with Crippen LogP contribution in [0, 0.1) is 0 Å². The molecule has 23 heavy (non-hydrogen) atoms. The molecule has 1 aromatic heterocycles. The first-order valence-corrected chi connectivity index (χ1v) is 7.82. The summed E-state index contributed by atoms with van der Waals surface area (Å²) in [5, 5.41) is 0. The second-order valence-corrected chi connectivity index (χ2v) is 5.87. The van der Waals surface area contributed by atoms with Gasteiger partial charge in [-0.1, -0.05) is 68.4 Å². The number of rotatable bonds is 4. The predicted octanol–water partition coefficient (Wildman–Crippen LogP) is 5.10. The fraction of sp³-hybridized carbons (Fsp3) is 0.143. The molecule has 0 aliphatic carbocycles. The van der Waals surface area contributed by atoms with E-state index in [-0.39, 0.29) is 5.78 Å². The molecule has 0 fully saturated rings. The Morgan fingerprint density at radius 2 is 1.52 bits per heavy atom. The van der Waals surface area contributed by atoms with Gasteiger partial charge in [-0.05, 0) is 23.6 Å². The van der Waals surface area contributed by atoms with E-state index in [1.54, 1.807) is 6.20 Å². The maximum Gasteiger partial charge on any atom is 0.194 e. The van der Waals surface area contributed by atoms with Crippen molar-refractivity contribution in [1.29, 1.82) is 0 Å². The molecule has 0 amide bonds. The zero-order valence-electron chi connectivity index (χ0n) is 13.4. The summed E-state index contributed by atoms with van der Waals surface area (Å²) in [6, 6.07) is 21.3. The van der Waals surface area contributed by atoms with Crippen molar-refractivity contribution in [3.05, 3.63) is 89.6 Å². The molecular weight excluding hydrogens is 282 g/mol. The van der Waals surface area contributed by atoms with Crippen LogP contribution in [0.2, 0.25) is 0 Å². The van der Waals surface area contributed by atoms with E-state index in [1.807, 2.05) is 54.6 Å². The molecule has 0 spiro atoms. The van der Waals surface area contributed by atoms with Crippen LogP contribution in [-0.4, -0.2) is 10.8 Å². The van der Waals surface area contributed by atoms with Crippen LogP contribution in [0.15, 0.2) is 72.9 Å². The summed E-state index contributed by atoms with van der Waals surface area (Å²) in [5.74, 6) is 0.431. The lowest BCUT2D eigenvalue weighted by Gasteiger charge is -2.12. The normalized spacial score (nSPS) is 10.7. The third-order valence-electron chi connectivity index (χ3n) is 3.92. The summed E-state index contributed by atoms with van der Waals surface area (Å²) in [6.45, 7) is 4.35. The van der Waals surface area contributed by atoms with Crippen LogP contribution >= 0.6 is 0 Å². The zero-order chi connectivity index (χ0) is 16.2. The van der Waals surface area contributed by atoms with Crippen molar-refractivity contribution in [2.24, 2.45) is 0 Å². The lowest BCUT2D eigenvalue weighted by molar-refractivity contribution is 0.103. The van der Waals surface area contributed by atoms with Gasteiger partial charge in [0.25, 0.3) is 0 Å². The Morgan fingerprint density at radius 3 is 2.17 bits per heavy atom. The highest BCUT2D eigenvalue weighted by molar-refractivity contribution is 6.08. The number of aromatic nitrogens is 1. The Balaban J connectivity index is 1.93. The Hall–Kier alpha value is -2.74. The van der Waals surface area contributed by atoms with E-state index in [4.69, 9.17) is 0 Å². The molecule has 0 N–H and O–H groups in total. The van der Waals surface area contributed by atoms with Crippen molar-refractivity contribution in [3.63, 3.8) is 0 Å². The molecule has 2 heteroatoms. The fourth-order valence-corrected chi connectivity index (χ4v) is 2.68. The quantitative estimate of drug-likeness (QED) is 0.627. The predicted molar refractivity (Wildman–Crippen MR) is 93.6 cm³/mol. The minimum atomic E-state index is 0.00166. The van der Waals surface area contributed by atoms with Gasteiger partial charge in [0, 0.05) is 22.9 Å². The molecule has 0 unspecified atom stereocenters. The van der Waals surface area contributed by atoms with Crippen LogP contribution in [0.4, 0.5) is 0 Å². The van der Waals surface area contributed by atoms with E-state index >= 15 is 0 Å².